The van der Waals surface area contributed by atoms with Crippen molar-refractivity contribution in [3.63, 3.8) is 0 Å². The minimum absolute atomic E-state index is 0.119. The van der Waals surface area contributed by atoms with E-state index in [1.807, 2.05) is 37.3 Å². The highest BCUT2D eigenvalue weighted by Gasteiger charge is 2.30. The van der Waals surface area contributed by atoms with Crippen molar-refractivity contribution in [3.05, 3.63) is 94.8 Å². The summed E-state index contributed by atoms with van der Waals surface area (Å²) < 4.78 is 27.8. The first-order valence-electron chi connectivity index (χ1n) is 10.7. The summed E-state index contributed by atoms with van der Waals surface area (Å²) in [5, 5.41) is 0. The highest BCUT2D eigenvalue weighted by Crippen LogP contribution is 2.37. The van der Waals surface area contributed by atoms with Crippen LogP contribution in [0.2, 0.25) is 0 Å². The number of ether oxygens (including phenoxy) is 5. The minimum Gasteiger partial charge on any atom is -0.485 e. The molecule has 3 aliphatic heterocycles. The minimum atomic E-state index is -0.560. The standard InChI is InChI=1S/C27H18O7/c1-15-18(10-16-4-2-3-5-21(16)32-15)12-25-26(28)20-8-7-19(13-23(20)34-25)33-27(29)17-6-9-22-24(11-17)31-14-30-22/h2-13,15H,14H2,1H3/b25-12-/t15-/m0/s1. The molecule has 0 aromatic heterocycles. The molecule has 0 amide bonds. The zero-order valence-corrected chi connectivity index (χ0v) is 18.1. The normalized spacial score (nSPS) is 18.5. The fourth-order valence-electron chi connectivity index (χ4n) is 3.99. The van der Waals surface area contributed by atoms with E-state index >= 15 is 0 Å². The molecule has 0 N–H and O–H groups in total. The second-order valence-electron chi connectivity index (χ2n) is 8.00. The Labute approximate surface area is 194 Å². The fraction of sp³-hybridized carbons (Fsp3) is 0.111. The van der Waals surface area contributed by atoms with Crippen LogP contribution in [-0.2, 0) is 0 Å². The van der Waals surface area contributed by atoms with Crippen LogP contribution >= 0.6 is 0 Å². The average Bonchev–Trinajstić information content (AvgIpc) is 3.43. The Hall–Kier alpha value is -4.52. The van der Waals surface area contributed by atoms with Gasteiger partial charge in [0.25, 0.3) is 0 Å². The Kier molecular flexibility index (Phi) is 4.62. The van der Waals surface area contributed by atoms with E-state index < -0.39 is 5.97 Å². The summed E-state index contributed by atoms with van der Waals surface area (Å²) in [5.41, 5.74) is 2.48. The van der Waals surface area contributed by atoms with E-state index in [2.05, 4.69) is 0 Å². The second kappa shape index (κ2) is 7.81. The summed E-state index contributed by atoms with van der Waals surface area (Å²) in [6.45, 7) is 2.04. The molecule has 3 heterocycles. The summed E-state index contributed by atoms with van der Waals surface area (Å²) in [4.78, 5) is 25.5. The molecule has 0 bridgehead atoms. The van der Waals surface area contributed by atoms with Crippen molar-refractivity contribution in [1.82, 2.24) is 0 Å². The molecule has 1 atom stereocenters. The van der Waals surface area contributed by atoms with Gasteiger partial charge in [-0.2, -0.15) is 0 Å². The molecule has 34 heavy (non-hydrogen) atoms. The lowest BCUT2D eigenvalue weighted by atomic mass is 10.0. The SMILES string of the molecule is C[C@@H]1Oc2ccccc2C=C1/C=C1\Oc2cc(OC(=O)c3ccc4c(c3)OCO4)ccc2C1=O. The van der Waals surface area contributed by atoms with Gasteiger partial charge < -0.3 is 23.7 Å². The maximum absolute atomic E-state index is 12.9. The maximum atomic E-state index is 12.9. The molecule has 0 spiro atoms. The lowest BCUT2D eigenvalue weighted by Gasteiger charge is -2.22. The van der Waals surface area contributed by atoms with E-state index in [9.17, 15) is 9.59 Å². The van der Waals surface area contributed by atoms with Crippen molar-refractivity contribution in [3.8, 4) is 28.7 Å². The number of allylic oxidation sites excluding steroid dienone is 1. The van der Waals surface area contributed by atoms with Gasteiger partial charge in [0.15, 0.2) is 17.3 Å². The van der Waals surface area contributed by atoms with Gasteiger partial charge in [0.05, 0.1) is 11.1 Å². The molecule has 0 unspecified atom stereocenters. The quantitative estimate of drug-likeness (QED) is 0.314. The molecule has 0 saturated carbocycles. The summed E-state index contributed by atoms with van der Waals surface area (Å²) in [6, 6.07) is 17.2. The Bertz CT molecular complexity index is 1420. The highest BCUT2D eigenvalue weighted by molar-refractivity contribution is 6.12. The summed E-state index contributed by atoms with van der Waals surface area (Å²) in [6.07, 6.45) is 3.44. The van der Waals surface area contributed by atoms with E-state index in [0.29, 0.717) is 28.4 Å². The van der Waals surface area contributed by atoms with E-state index in [-0.39, 0.29) is 30.2 Å². The van der Waals surface area contributed by atoms with Crippen LogP contribution in [0.15, 0.2) is 78.1 Å². The number of rotatable bonds is 3. The van der Waals surface area contributed by atoms with Crippen molar-refractivity contribution in [1.29, 1.82) is 0 Å². The molecule has 3 aromatic rings. The number of Topliss-reactive ketones (excluding diaryl/α,β-unsaturated/α-hetero) is 1. The molecule has 3 aromatic carbocycles. The van der Waals surface area contributed by atoms with Gasteiger partial charge in [-0.3, -0.25) is 4.79 Å². The van der Waals surface area contributed by atoms with Crippen molar-refractivity contribution in [2.75, 3.05) is 6.79 Å². The van der Waals surface area contributed by atoms with Gasteiger partial charge in [-0.1, -0.05) is 18.2 Å². The molecule has 0 aliphatic carbocycles. The van der Waals surface area contributed by atoms with Crippen LogP contribution in [0, 0.1) is 0 Å². The van der Waals surface area contributed by atoms with Crippen LogP contribution in [-0.4, -0.2) is 24.6 Å². The van der Waals surface area contributed by atoms with Gasteiger partial charge in [0, 0.05) is 11.6 Å². The largest absolute Gasteiger partial charge is 0.485 e. The van der Waals surface area contributed by atoms with Gasteiger partial charge in [-0.15, -0.1) is 0 Å². The first-order chi connectivity index (χ1) is 16.5. The number of hydrogen-bond donors (Lipinski definition) is 0. The fourth-order valence-corrected chi connectivity index (χ4v) is 3.99. The first-order valence-corrected chi connectivity index (χ1v) is 10.7. The highest BCUT2D eigenvalue weighted by atomic mass is 16.7. The number of fused-ring (bicyclic) bond motifs is 3. The Morgan fingerprint density at radius 2 is 1.82 bits per heavy atom. The number of ketones is 1. The Morgan fingerprint density at radius 3 is 2.74 bits per heavy atom. The number of hydrogen-bond acceptors (Lipinski definition) is 7. The topological polar surface area (TPSA) is 80.3 Å². The van der Waals surface area contributed by atoms with Crippen LogP contribution in [0.4, 0.5) is 0 Å². The van der Waals surface area contributed by atoms with Crippen molar-refractivity contribution < 1.29 is 33.3 Å². The van der Waals surface area contributed by atoms with Crippen LogP contribution in [0.3, 0.4) is 0 Å². The summed E-state index contributed by atoms with van der Waals surface area (Å²) in [7, 11) is 0. The van der Waals surface area contributed by atoms with Gasteiger partial charge in [-0.05, 0) is 61.0 Å². The predicted octanol–water partition coefficient (Wildman–Crippen LogP) is 4.96. The van der Waals surface area contributed by atoms with Crippen LogP contribution in [0.1, 0.15) is 33.2 Å². The second-order valence-corrected chi connectivity index (χ2v) is 8.00. The van der Waals surface area contributed by atoms with Crippen molar-refractivity contribution >= 4 is 17.8 Å². The Morgan fingerprint density at radius 1 is 0.971 bits per heavy atom. The summed E-state index contributed by atoms with van der Waals surface area (Å²) in [5.74, 6) is 1.85. The van der Waals surface area contributed by atoms with Crippen LogP contribution in [0.25, 0.3) is 6.08 Å². The number of para-hydroxylation sites is 1. The number of carbonyl (C=O) groups excluding carboxylic acids is 2. The molecule has 0 fully saturated rings. The molecule has 0 radical (unpaired) electrons. The number of esters is 1. The van der Waals surface area contributed by atoms with Gasteiger partial charge in [0.2, 0.25) is 12.6 Å². The molecule has 168 valence electrons. The third kappa shape index (κ3) is 3.47. The smallest absolute Gasteiger partial charge is 0.343 e. The lowest BCUT2D eigenvalue weighted by Crippen LogP contribution is -2.18. The predicted molar refractivity (Wildman–Crippen MR) is 122 cm³/mol. The summed E-state index contributed by atoms with van der Waals surface area (Å²) >= 11 is 0. The molecular formula is C27H18O7. The van der Waals surface area contributed by atoms with Gasteiger partial charge in [-0.25, -0.2) is 4.79 Å². The van der Waals surface area contributed by atoms with E-state index in [4.69, 9.17) is 23.7 Å². The third-order valence-corrected chi connectivity index (χ3v) is 5.77. The maximum Gasteiger partial charge on any atom is 0.343 e. The lowest BCUT2D eigenvalue weighted by molar-refractivity contribution is 0.0734. The van der Waals surface area contributed by atoms with Gasteiger partial charge in [0.1, 0.15) is 23.4 Å². The van der Waals surface area contributed by atoms with Crippen molar-refractivity contribution in [2.24, 2.45) is 0 Å². The van der Waals surface area contributed by atoms with E-state index in [0.717, 1.165) is 16.9 Å². The molecular weight excluding hydrogens is 436 g/mol. The number of carbonyl (C=O) groups is 2. The molecule has 6 rings (SSSR count). The average molecular weight is 454 g/mol. The third-order valence-electron chi connectivity index (χ3n) is 5.77. The van der Waals surface area contributed by atoms with Gasteiger partial charge >= 0.3 is 5.97 Å². The van der Waals surface area contributed by atoms with Crippen LogP contribution in [0.5, 0.6) is 28.7 Å². The van der Waals surface area contributed by atoms with E-state index in [1.54, 1.807) is 36.4 Å². The first kappa shape index (κ1) is 20.1. The van der Waals surface area contributed by atoms with Crippen molar-refractivity contribution in [2.45, 2.75) is 13.0 Å². The zero-order valence-electron chi connectivity index (χ0n) is 18.1. The molecule has 3 aliphatic rings. The van der Waals surface area contributed by atoms with Crippen LogP contribution < -0.4 is 23.7 Å². The molecule has 0 saturated heterocycles. The number of benzene rings is 3. The monoisotopic (exact) mass is 454 g/mol. The Balaban J connectivity index is 1.22. The molecule has 7 nitrogen and oxygen atoms in total. The van der Waals surface area contributed by atoms with E-state index in [1.165, 1.54) is 6.07 Å². The zero-order chi connectivity index (χ0) is 23.2. The molecule has 7 heteroatoms.